The molecule has 1 aromatic heterocycles. The summed E-state index contributed by atoms with van der Waals surface area (Å²) in [6, 6.07) is 0. The van der Waals surface area contributed by atoms with E-state index < -0.39 is 5.60 Å². The molecule has 0 aliphatic heterocycles. The maximum Gasteiger partial charge on any atom is 0.158 e. The first-order chi connectivity index (χ1) is 6.38. The summed E-state index contributed by atoms with van der Waals surface area (Å²) < 4.78 is 0.562. The van der Waals surface area contributed by atoms with Crippen molar-refractivity contribution in [3.8, 4) is 11.8 Å². The van der Waals surface area contributed by atoms with Crippen LogP contribution in [0, 0.1) is 11.8 Å². The number of nitrogens with two attached hydrogens (primary N) is 1. The third-order valence-electron chi connectivity index (χ3n) is 1.26. The predicted octanol–water partition coefficient (Wildman–Crippen LogP) is 0.944. The number of anilines is 1. The maximum absolute atomic E-state index is 9.36. The molecule has 1 aromatic rings. The third kappa shape index (κ3) is 3.32. The second-order valence-electron chi connectivity index (χ2n) is 3.24. The van der Waals surface area contributed by atoms with Gasteiger partial charge in [0.05, 0.1) is 6.20 Å². The van der Waals surface area contributed by atoms with E-state index in [-0.39, 0.29) is 5.82 Å². The lowest BCUT2D eigenvalue weighted by Crippen LogP contribution is -2.14. The highest BCUT2D eigenvalue weighted by Crippen LogP contribution is 2.09. The summed E-state index contributed by atoms with van der Waals surface area (Å²) in [7, 11) is 0. The molecule has 0 fully saturated rings. The molecule has 14 heavy (non-hydrogen) atoms. The van der Waals surface area contributed by atoms with E-state index in [1.54, 1.807) is 13.8 Å². The molecule has 0 aliphatic carbocycles. The van der Waals surface area contributed by atoms with Crippen LogP contribution in [0.25, 0.3) is 0 Å². The molecule has 0 bridgehead atoms. The summed E-state index contributed by atoms with van der Waals surface area (Å²) >= 11 is 3.16. The van der Waals surface area contributed by atoms with Crippen LogP contribution in [0.1, 0.15) is 19.5 Å². The molecule has 0 atom stereocenters. The van der Waals surface area contributed by atoms with Gasteiger partial charge in [0.15, 0.2) is 11.5 Å². The first-order valence-corrected chi connectivity index (χ1v) is 4.71. The molecule has 74 valence electrons. The van der Waals surface area contributed by atoms with Crippen molar-refractivity contribution in [3.63, 3.8) is 0 Å². The molecule has 3 N–H and O–H groups in total. The zero-order valence-electron chi connectivity index (χ0n) is 7.87. The second kappa shape index (κ2) is 3.95. The van der Waals surface area contributed by atoms with Crippen molar-refractivity contribution >= 4 is 21.7 Å². The number of nitrogens with zero attached hydrogens (tertiary/aromatic N) is 2. The highest BCUT2D eigenvalue weighted by atomic mass is 79.9. The van der Waals surface area contributed by atoms with E-state index in [2.05, 4.69) is 37.7 Å². The minimum atomic E-state index is -1.06. The highest BCUT2D eigenvalue weighted by Gasteiger charge is 2.07. The molecular formula is C9H10BrN3O. The maximum atomic E-state index is 9.36. The quantitative estimate of drug-likeness (QED) is 0.678. The van der Waals surface area contributed by atoms with Gasteiger partial charge in [-0.15, -0.1) is 0 Å². The van der Waals surface area contributed by atoms with Gasteiger partial charge in [-0.2, -0.15) is 0 Å². The number of nitrogen functional groups attached to an aromatic ring is 1. The highest BCUT2D eigenvalue weighted by molar-refractivity contribution is 9.10. The average Bonchev–Trinajstić information content (AvgIpc) is 2.05. The number of rotatable bonds is 0. The van der Waals surface area contributed by atoms with Crippen LogP contribution >= 0.6 is 15.9 Å². The summed E-state index contributed by atoms with van der Waals surface area (Å²) in [6.07, 6.45) is 1.49. The fourth-order valence-electron chi connectivity index (χ4n) is 0.681. The standard InChI is InChI=1S/C9H10BrN3O/c1-9(2,14)4-3-6-8(11)12-5-7(10)13-6/h5,14H,1-2H3,(H2,11,12). The van der Waals surface area contributed by atoms with Crippen LogP contribution in [0.15, 0.2) is 10.8 Å². The normalized spacial score (nSPS) is 10.6. The Hall–Kier alpha value is -1.12. The smallest absolute Gasteiger partial charge is 0.158 e. The van der Waals surface area contributed by atoms with Gasteiger partial charge in [-0.3, -0.25) is 0 Å². The van der Waals surface area contributed by atoms with E-state index in [4.69, 9.17) is 5.73 Å². The molecule has 0 radical (unpaired) electrons. The lowest BCUT2D eigenvalue weighted by Gasteiger charge is -2.06. The first-order valence-electron chi connectivity index (χ1n) is 3.92. The fourth-order valence-corrected chi connectivity index (χ4v) is 0.961. The lowest BCUT2D eigenvalue weighted by atomic mass is 10.1. The summed E-state index contributed by atoms with van der Waals surface area (Å²) in [5, 5.41) is 9.36. The molecule has 1 heterocycles. The van der Waals surface area contributed by atoms with Crippen LogP contribution in [-0.2, 0) is 0 Å². The number of halogens is 1. The number of aromatic nitrogens is 2. The SMILES string of the molecule is CC(C)(O)C#Cc1nc(Br)cnc1N. The predicted molar refractivity (Wildman–Crippen MR) is 57.3 cm³/mol. The Bertz CT molecular complexity index is 401. The van der Waals surface area contributed by atoms with E-state index in [1.165, 1.54) is 6.20 Å². The molecule has 0 saturated carbocycles. The first kappa shape index (κ1) is 11.0. The number of hydrogen-bond acceptors (Lipinski definition) is 4. The van der Waals surface area contributed by atoms with Gasteiger partial charge in [0.2, 0.25) is 0 Å². The molecule has 0 aliphatic rings. The van der Waals surface area contributed by atoms with Gasteiger partial charge in [-0.25, -0.2) is 9.97 Å². The zero-order valence-corrected chi connectivity index (χ0v) is 9.46. The van der Waals surface area contributed by atoms with Crippen LogP contribution in [0.3, 0.4) is 0 Å². The largest absolute Gasteiger partial charge is 0.381 e. The Morgan fingerprint density at radius 3 is 2.79 bits per heavy atom. The van der Waals surface area contributed by atoms with Gasteiger partial charge >= 0.3 is 0 Å². The van der Waals surface area contributed by atoms with Gasteiger partial charge in [-0.05, 0) is 35.7 Å². The van der Waals surface area contributed by atoms with Crippen molar-refractivity contribution in [2.45, 2.75) is 19.4 Å². The Kier molecular flexibility index (Phi) is 3.09. The van der Waals surface area contributed by atoms with Gasteiger partial charge in [0, 0.05) is 0 Å². The van der Waals surface area contributed by atoms with E-state index in [0.29, 0.717) is 10.3 Å². The monoisotopic (exact) mass is 255 g/mol. The molecule has 0 spiro atoms. The molecule has 1 rings (SSSR count). The lowest BCUT2D eigenvalue weighted by molar-refractivity contribution is 0.143. The van der Waals surface area contributed by atoms with Crippen LogP contribution < -0.4 is 5.73 Å². The Morgan fingerprint density at radius 2 is 2.21 bits per heavy atom. The average molecular weight is 256 g/mol. The van der Waals surface area contributed by atoms with Crippen molar-refractivity contribution in [1.82, 2.24) is 9.97 Å². The third-order valence-corrected chi connectivity index (χ3v) is 1.64. The summed E-state index contributed by atoms with van der Waals surface area (Å²) in [5.41, 5.74) is 4.84. The number of hydrogen-bond donors (Lipinski definition) is 2. The van der Waals surface area contributed by atoms with Gasteiger partial charge in [0.1, 0.15) is 10.2 Å². The zero-order chi connectivity index (χ0) is 10.8. The minimum Gasteiger partial charge on any atom is -0.381 e. The van der Waals surface area contributed by atoms with E-state index in [9.17, 15) is 5.11 Å². The van der Waals surface area contributed by atoms with Crippen molar-refractivity contribution in [2.75, 3.05) is 5.73 Å². The number of aliphatic hydroxyl groups is 1. The van der Waals surface area contributed by atoms with E-state index >= 15 is 0 Å². The van der Waals surface area contributed by atoms with Crippen LogP contribution in [0.5, 0.6) is 0 Å². The molecule has 0 saturated heterocycles. The summed E-state index contributed by atoms with van der Waals surface area (Å²) in [6.45, 7) is 3.17. The minimum absolute atomic E-state index is 0.255. The van der Waals surface area contributed by atoms with Crippen molar-refractivity contribution in [2.24, 2.45) is 0 Å². The topological polar surface area (TPSA) is 72.0 Å². The van der Waals surface area contributed by atoms with Crippen molar-refractivity contribution in [1.29, 1.82) is 0 Å². The van der Waals surface area contributed by atoms with Crippen LogP contribution in [0.4, 0.5) is 5.82 Å². The van der Waals surface area contributed by atoms with Gasteiger partial charge < -0.3 is 10.8 Å². The van der Waals surface area contributed by atoms with E-state index in [1.807, 2.05) is 0 Å². The molecule has 4 nitrogen and oxygen atoms in total. The molecule has 5 heteroatoms. The summed E-state index contributed by atoms with van der Waals surface area (Å²) in [5.74, 6) is 5.53. The summed E-state index contributed by atoms with van der Waals surface area (Å²) in [4.78, 5) is 7.88. The van der Waals surface area contributed by atoms with Gasteiger partial charge in [0.25, 0.3) is 0 Å². The Labute approximate surface area is 90.7 Å². The Balaban J connectivity index is 3.06. The molecule has 0 amide bonds. The van der Waals surface area contributed by atoms with Crippen molar-refractivity contribution < 1.29 is 5.11 Å². The Morgan fingerprint density at radius 1 is 1.57 bits per heavy atom. The molecular weight excluding hydrogens is 246 g/mol. The fraction of sp³-hybridized carbons (Fsp3) is 0.333. The second-order valence-corrected chi connectivity index (χ2v) is 4.05. The van der Waals surface area contributed by atoms with Crippen LogP contribution in [-0.4, -0.2) is 20.7 Å². The van der Waals surface area contributed by atoms with Crippen LogP contribution in [0.2, 0.25) is 0 Å². The van der Waals surface area contributed by atoms with Gasteiger partial charge in [-0.1, -0.05) is 5.92 Å². The van der Waals surface area contributed by atoms with E-state index in [0.717, 1.165) is 0 Å². The van der Waals surface area contributed by atoms with Crippen molar-refractivity contribution in [3.05, 3.63) is 16.5 Å². The molecule has 0 aromatic carbocycles. The molecule has 0 unspecified atom stereocenters.